The number of aromatic nitrogens is 1. The van der Waals surface area contributed by atoms with Crippen molar-refractivity contribution in [2.75, 3.05) is 0 Å². The molecule has 0 bridgehead atoms. The zero-order valence-electron chi connectivity index (χ0n) is 9.66. The Balaban J connectivity index is 2.10. The first kappa shape index (κ1) is 10.4. The van der Waals surface area contributed by atoms with E-state index in [1.807, 2.05) is 13.1 Å². The van der Waals surface area contributed by atoms with E-state index in [9.17, 15) is 0 Å². The maximum Gasteiger partial charge on any atom is 0.0378 e. The Morgan fingerprint density at radius 3 is 2.73 bits per heavy atom. The number of allylic oxidation sites excluding steroid dienone is 1. The van der Waals surface area contributed by atoms with Crippen LogP contribution in [-0.2, 0) is 0 Å². The minimum absolute atomic E-state index is 0.442. The molecule has 80 valence electrons. The maximum atomic E-state index is 4.20. The van der Waals surface area contributed by atoms with Gasteiger partial charge in [-0.25, -0.2) is 0 Å². The zero-order chi connectivity index (χ0) is 10.7. The van der Waals surface area contributed by atoms with E-state index >= 15 is 0 Å². The highest BCUT2D eigenvalue weighted by atomic mass is 14.6. The fraction of sp³-hybridized carbons (Fsp3) is 0.500. The molecule has 0 saturated heterocycles. The number of hydrogen-bond acceptors (Lipinski definition) is 1. The molecule has 1 fully saturated rings. The van der Waals surface area contributed by atoms with Crippen molar-refractivity contribution in [2.24, 2.45) is 5.41 Å². The van der Waals surface area contributed by atoms with Crippen molar-refractivity contribution in [3.63, 3.8) is 0 Å². The topological polar surface area (TPSA) is 12.9 Å². The number of nitrogens with zero attached hydrogens (tertiary/aromatic N) is 1. The lowest BCUT2D eigenvalue weighted by molar-refractivity contribution is 0.448. The predicted molar refractivity (Wildman–Crippen MR) is 64.6 cm³/mol. The predicted octanol–water partition coefficient (Wildman–Crippen LogP) is 3.98. The van der Waals surface area contributed by atoms with Crippen LogP contribution in [-0.4, -0.2) is 4.98 Å². The fourth-order valence-electron chi connectivity index (χ4n) is 2.32. The summed E-state index contributed by atoms with van der Waals surface area (Å²) < 4.78 is 0. The van der Waals surface area contributed by atoms with E-state index < -0.39 is 0 Å². The van der Waals surface area contributed by atoms with Crippen molar-refractivity contribution in [3.05, 3.63) is 35.7 Å². The van der Waals surface area contributed by atoms with Gasteiger partial charge < -0.3 is 0 Å². The van der Waals surface area contributed by atoms with E-state index in [1.54, 1.807) is 0 Å². The molecule has 0 radical (unpaired) electrons. The summed E-state index contributed by atoms with van der Waals surface area (Å²) in [6, 6.07) is 4.20. The molecule has 1 heteroatoms. The Morgan fingerprint density at radius 2 is 2.07 bits per heavy atom. The number of pyridine rings is 1. The van der Waals surface area contributed by atoms with E-state index in [4.69, 9.17) is 0 Å². The highest BCUT2D eigenvalue weighted by molar-refractivity contribution is 5.50. The van der Waals surface area contributed by atoms with Gasteiger partial charge in [-0.1, -0.05) is 31.9 Å². The highest BCUT2D eigenvalue weighted by Crippen LogP contribution is 2.39. The average Bonchev–Trinajstić information content (AvgIpc) is 2.63. The Kier molecular flexibility index (Phi) is 2.90. The van der Waals surface area contributed by atoms with Crippen molar-refractivity contribution in [1.82, 2.24) is 4.98 Å². The monoisotopic (exact) mass is 201 g/mol. The SMILES string of the molecule is Cc1cc(/C=C/C2(C)CCCC2)ccn1. The molecule has 15 heavy (non-hydrogen) atoms. The van der Waals surface area contributed by atoms with Crippen molar-refractivity contribution in [1.29, 1.82) is 0 Å². The fourth-order valence-corrected chi connectivity index (χ4v) is 2.32. The van der Waals surface area contributed by atoms with Gasteiger partial charge in [0.2, 0.25) is 0 Å². The third kappa shape index (κ3) is 2.68. The first-order chi connectivity index (χ1) is 7.18. The maximum absolute atomic E-state index is 4.20. The van der Waals surface area contributed by atoms with Gasteiger partial charge in [0, 0.05) is 11.9 Å². The second-order valence-electron chi connectivity index (χ2n) is 4.93. The van der Waals surface area contributed by atoms with Crippen LogP contribution in [0, 0.1) is 12.3 Å². The molecule has 1 heterocycles. The molecule has 1 aliphatic rings. The lowest BCUT2D eigenvalue weighted by Crippen LogP contribution is -2.05. The van der Waals surface area contributed by atoms with Crippen molar-refractivity contribution in [3.8, 4) is 0 Å². The Hall–Kier alpha value is -1.11. The summed E-state index contributed by atoms with van der Waals surface area (Å²) >= 11 is 0. The van der Waals surface area contributed by atoms with Crippen molar-refractivity contribution < 1.29 is 0 Å². The molecular weight excluding hydrogens is 182 g/mol. The molecule has 1 aromatic rings. The minimum Gasteiger partial charge on any atom is -0.262 e. The molecule has 0 aliphatic heterocycles. The molecule has 0 atom stereocenters. The summed E-state index contributed by atoms with van der Waals surface area (Å²) in [7, 11) is 0. The van der Waals surface area contributed by atoms with Gasteiger partial charge in [0.05, 0.1) is 0 Å². The molecule has 0 unspecified atom stereocenters. The molecule has 1 aliphatic carbocycles. The molecule has 1 aromatic heterocycles. The highest BCUT2D eigenvalue weighted by Gasteiger charge is 2.25. The Bertz CT molecular complexity index is 359. The van der Waals surface area contributed by atoms with Crippen LogP contribution in [0.25, 0.3) is 6.08 Å². The second kappa shape index (κ2) is 4.18. The summed E-state index contributed by atoms with van der Waals surface area (Å²) in [5.41, 5.74) is 2.81. The molecule has 0 aromatic carbocycles. The van der Waals surface area contributed by atoms with E-state index in [0.29, 0.717) is 5.41 Å². The van der Waals surface area contributed by atoms with Crippen LogP contribution >= 0.6 is 0 Å². The Morgan fingerprint density at radius 1 is 1.33 bits per heavy atom. The number of aryl methyl sites for hydroxylation is 1. The Labute approximate surface area is 92.2 Å². The van der Waals surface area contributed by atoms with Gasteiger partial charge in [0.1, 0.15) is 0 Å². The van der Waals surface area contributed by atoms with Crippen molar-refractivity contribution >= 4 is 6.08 Å². The van der Waals surface area contributed by atoms with Crippen LogP contribution in [0.5, 0.6) is 0 Å². The smallest absolute Gasteiger partial charge is 0.0378 e. The van der Waals surface area contributed by atoms with Gasteiger partial charge in [0.15, 0.2) is 0 Å². The van der Waals surface area contributed by atoms with E-state index in [0.717, 1.165) is 5.69 Å². The molecule has 1 saturated carbocycles. The summed E-state index contributed by atoms with van der Waals surface area (Å²) in [6.07, 6.45) is 12.0. The van der Waals surface area contributed by atoms with Crippen LogP contribution in [0.4, 0.5) is 0 Å². The second-order valence-corrected chi connectivity index (χ2v) is 4.93. The number of hydrogen-bond donors (Lipinski definition) is 0. The van der Waals surface area contributed by atoms with Crippen LogP contribution in [0.15, 0.2) is 24.4 Å². The van der Waals surface area contributed by atoms with Crippen LogP contribution in [0.1, 0.15) is 43.9 Å². The van der Waals surface area contributed by atoms with Gasteiger partial charge in [-0.3, -0.25) is 4.98 Å². The van der Waals surface area contributed by atoms with E-state index in [-0.39, 0.29) is 0 Å². The van der Waals surface area contributed by atoms with Crippen LogP contribution in [0.2, 0.25) is 0 Å². The van der Waals surface area contributed by atoms with Crippen molar-refractivity contribution in [2.45, 2.75) is 39.5 Å². The van der Waals surface area contributed by atoms with Gasteiger partial charge in [-0.2, -0.15) is 0 Å². The largest absolute Gasteiger partial charge is 0.262 e. The summed E-state index contributed by atoms with van der Waals surface area (Å²) in [6.45, 7) is 4.40. The van der Waals surface area contributed by atoms with Crippen LogP contribution in [0.3, 0.4) is 0 Å². The standard InChI is InChI=1S/C14H19N/c1-12-11-13(6-10-15-12)5-9-14(2)7-3-4-8-14/h5-6,9-11H,3-4,7-8H2,1-2H3/b9-5+. The molecule has 1 nitrogen and oxygen atoms in total. The summed E-state index contributed by atoms with van der Waals surface area (Å²) in [4.78, 5) is 4.20. The first-order valence-corrected chi connectivity index (χ1v) is 5.80. The summed E-state index contributed by atoms with van der Waals surface area (Å²) in [5, 5.41) is 0. The quantitative estimate of drug-likeness (QED) is 0.705. The minimum atomic E-state index is 0.442. The summed E-state index contributed by atoms with van der Waals surface area (Å²) in [5.74, 6) is 0. The average molecular weight is 201 g/mol. The lowest BCUT2D eigenvalue weighted by atomic mass is 9.88. The third-order valence-electron chi connectivity index (χ3n) is 3.34. The normalized spacial score (nSPS) is 19.9. The van der Waals surface area contributed by atoms with E-state index in [1.165, 1.54) is 31.2 Å². The molecule has 0 N–H and O–H groups in total. The van der Waals surface area contributed by atoms with Gasteiger partial charge in [-0.05, 0) is 42.9 Å². The zero-order valence-corrected chi connectivity index (χ0v) is 9.66. The first-order valence-electron chi connectivity index (χ1n) is 5.80. The molecule has 0 spiro atoms. The molecule has 2 rings (SSSR count). The van der Waals surface area contributed by atoms with Gasteiger partial charge >= 0.3 is 0 Å². The van der Waals surface area contributed by atoms with Crippen LogP contribution < -0.4 is 0 Å². The van der Waals surface area contributed by atoms with E-state index in [2.05, 4.69) is 36.2 Å². The van der Waals surface area contributed by atoms with Gasteiger partial charge in [0.25, 0.3) is 0 Å². The number of rotatable bonds is 2. The lowest BCUT2D eigenvalue weighted by Gasteiger charge is -2.17. The molecule has 0 amide bonds. The van der Waals surface area contributed by atoms with Gasteiger partial charge in [-0.15, -0.1) is 0 Å². The third-order valence-corrected chi connectivity index (χ3v) is 3.34. The molecular formula is C14H19N.